The van der Waals surface area contributed by atoms with Crippen LogP contribution in [0.1, 0.15) is 33.5 Å². The Hall–Kier alpha value is -4.59. The smallest absolute Gasteiger partial charge is 0.255 e. The number of primary amides is 1. The van der Waals surface area contributed by atoms with Gasteiger partial charge in [-0.3, -0.25) is 19.3 Å². The standard InChI is InChI=1S/C30H28N2O8/c1-32(2)24-19-13-16-12-18-15(7-4-14-5-9-17(40-3)10-6-14)8-11-20(33)22(18)25(34)21(16)27(36)30(19,39)28(37)23(26(24)35)29(31)38/h5-6,8-11,16,19,24,33,35-36,39H,12-13H2,1-3H3,(H2,31,38)/t16-,19-,24-,30-/m1/s1. The lowest BCUT2D eigenvalue weighted by atomic mass is 9.58. The number of rotatable bonds is 3. The van der Waals surface area contributed by atoms with E-state index in [0.717, 1.165) is 0 Å². The number of nitrogens with zero attached hydrogens (tertiary/aromatic N) is 1. The Morgan fingerprint density at radius 2 is 1.75 bits per heavy atom. The Balaban J connectivity index is 1.64. The summed E-state index contributed by atoms with van der Waals surface area (Å²) in [5.41, 5.74) is 3.22. The zero-order chi connectivity index (χ0) is 29.1. The van der Waals surface area contributed by atoms with Gasteiger partial charge in [-0.25, -0.2) is 0 Å². The number of Topliss-reactive ketones (excluding diaryl/α,β-unsaturated/α-hetero) is 2. The van der Waals surface area contributed by atoms with Crippen LogP contribution in [0, 0.1) is 23.7 Å². The number of benzene rings is 2. The number of aliphatic hydroxyl groups excluding tert-OH is 2. The molecule has 0 spiro atoms. The van der Waals surface area contributed by atoms with Crippen LogP contribution >= 0.6 is 0 Å². The third-order valence-electron chi connectivity index (χ3n) is 8.04. The molecule has 0 saturated carbocycles. The molecule has 0 bridgehead atoms. The molecular formula is C30H28N2O8. The highest BCUT2D eigenvalue weighted by molar-refractivity contribution is 6.24. The minimum absolute atomic E-state index is 0.00671. The van der Waals surface area contributed by atoms with Gasteiger partial charge in [0.05, 0.1) is 18.7 Å². The van der Waals surface area contributed by atoms with Crippen LogP contribution in [0.3, 0.4) is 0 Å². The van der Waals surface area contributed by atoms with Crippen molar-refractivity contribution in [2.45, 2.75) is 24.5 Å². The molecule has 10 nitrogen and oxygen atoms in total. The number of aromatic hydroxyl groups is 1. The summed E-state index contributed by atoms with van der Waals surface area (Å²) in [6.45, 7) is 0. The van der Waals surface area contributed by atoms with E-state index in [-0.39, 0.29) is 29.7 Å². The lowest BCUT2D eigenvalue weighted by Crippen LogP contribution is -2.63. The molecule has 3 aliphatic rings. The van der Waals surface area contributed by atoms with Crippen molar-refractivity contribution in [2.24, 2.45) is 17.6 Å². The van der Waals surface area contributed by atoms with Crippen LogP contribution < -0.4 is 10.5 Å². The van der Waals surface area contributed by atoms with Gasteiger partial charge in [-0.2, -0.15) is 0 Å². The Morgan fingerprint density at radius 3 is 2.35 bits per heavy atom. The molecule has 0 aromatic heterocycles. The fourth-order valence-electron chi connectivity index (χ4n) is 6.18. The van der Waals surface area contributed by atoms with Gasteiger partial charge in [-0.1, -0.05) is 11.8 Å². The summed E-state index contributed by atoms with van der Waals surface area (Å²) < 4.78 is 5.17. The number of carbonyl (C=O) groups is 3. The molecule has 0 heterocycles. The maximum absolute atomic E-state index is 13.8. The van der Waals surface area contributed by atoms with E-state index in [9.17, 15) is 34.8 Å². The summed E-state index contributed by atoms with van der Waals surface area (Å²) in [5, 5.41) is 44.6. The molecule has 40 heavy (non-hydrogen) atoms. The number of methoxy groups -OCH3 is 1. The summed E-state index contributed by atoms with van der Waals surface area (Å²) >= 11 is 0. The van der Waals surface area contributed by atoms with Crippen molar-refractivity contribution in [1.29, 1.82) is 0 Å². The van der Waals surface area contributed by atoms with Crippen molar-refractivity contribution in [2.75, 3.05) is 21.2 Å². The Morgan fingerprint density at radius 1 is 1.07 bits per heavy atom. The molecule has 3 aliphatic carbocycles. The molecule has 4 atom stereocenters. The average molecular weight is 545 g/mol. The van der Waals surface area contributed by atoms with Crippen LogP contribution in [0.5, 0.6) is 11.5 Å². The molecular weight excluding hydrogens is 516 g/mol. The SMILES string of the molecule is COc1ccc(C#Cc2ccc(O)c3c2C[C@@H]2C[C@@H]4[C@@H](N(C)C)C(O)=C(C(N)=O)C(=O)[C@]4(O)C(O)=C2C3=O)cc1. The zero-order valence-corrected chi connectivity index (χ0v) is 22.1. The van der Waals surface area contributed by atoms with E-state index < -0.39 is 58.0 Å². The monoisotopic (exact) mass is 544 g/mol. The minimum Gasteiger partial charge on any atom is -0.510 e. The van der Waals surface area contributed by atoms with Crippen LogP contribution in [-0.2, 0) is 16.0 Å². The van der Waals surface area contributed by atoms with Gasteiger partial charge in [-0.05, 0) is 74.8 Å². The van der Waals surface area contributed by atoms with Crippen molar-refractivity contribution in [3.05, 3.63) is 81.3 Å². The normalized spacial score (nSPS) is 25.6. The molecule has 0 saturated heterocycles. The second-order valence-corrected chi connectivity index (χ2v) is 10.4. The van der Waals surface area contributed by atoms with Crippen molar-refractivity contribution in [3.8, 4) is 23.3 Å². The van der Waals surface area contributed by atoms with Gasteiger partial charge in [-0.15, -0.1) is 0 Å². The average Bonchev–Trinajstić information content (AvgIpc) is 2.90. The van der Waals surface area contributed by atoms with Gasteiger partial charge in [0, 0.05) is 22.6 Å². The quantitative estimate of drug-likeness (QED) is 0.284. The van der Waals surface area contributed by atoms with E-state index in [1.54, 1.807) is 51.5 Å². The first-order valence-electron chi connectivity index (χ1n) is 12.6. The Bertz CT molecular complexity index is 1590. The van der Waals surface area contributed by atoms with Crippen molar-refractivity contribution >= 4 is 17.5 Å². The molecule has 2 aromatic rings. The molecule has 0 unspecified atom stereocenters. The second-order valence-electron chi connectivity index (χ2n) is 10.4. The number of hydrogen-bond acceptors (Lipinski definition) is 9. The van der Waals surface area contributed by atoms with Gasteiger partial charge >= 0.3 is 0 Å². The van der Waals surface area contributed by atoms with Gasteiger partial charge in [0.15, 0.2) is 11.4 Å². The summed E-state index contributed by atoms with van der Waals surface area (Å²) in [4.78, 5) is 40.7. The van der Waals surface area contributed by atoms with Crippen LogP contribution in [-0.4, -0.2) is 75.6 Å². The maximum Gasteiger partial charge on any atom is 0.255 e. The molecule has 206 valence electrons. The number of carbonyl (C=O) groups excluding carboxylic acids is 3. The second kappa shape index (κ2) is 9.55. The molecule has 6 N–H and O–H groups in total. The summed E-state index contributed by atoms with van der Waals surface area (Å²) in [6, 6.07) is 8.98. The number of amides is 1. The first-order chi connectivity index (χ1) is 18.9. The van der Waals surface area contributed by atoms with E-state index in [0.29, 0.717) is 22.4 Å². The van der Waals surface area contributed by atoms with Gasteiger partial charge in [0.2, 0.25) is 5.78 Å². The third kappa shape index (κ3) is 3.86. The molecule has 10 heteroatoms. The largest absolute Gasteiger partial charge is 0.510 e. The molecule has 2 aromatic carbocycles. The lowest BCUT2D eigenvalue weighted by Gasteiger charge is -2.50. The minimum atomic E-state index is -2.67. The van der Waals surface area contributed by atoms with E-state index in [4.69, 9.17) is 10.5 Å². The third-order valence-corrected chi connectivity index (χ3v) is 8.04. The number of nitrogens with two attached hydrogens (primary N) is 1. The topological polar surface area (TPSA) is 171 Å². The van der Waals surface area contributed by atoms with Crippen LogP contribution in [0.25, 0.3) is 0 Å². The highest BCUT2D eigenvalue weighted by Gasteiger charge is 2.63. The fourth-order valence-corrected chi connectivity index (χ4v) is 6.18. The molecule has 0 aliphatic heterocycles. The highest BCUT2D eigenvalue weighted by Crippen LogP contribution is 2.52. The zero-order valence-electron chi connectivity index (χ0n) is 22.1. The summed E-state index contributed by atoms with van der Waals surface area (Å²) in [6.07, 6.45) is 0.169. The molecule has 5 rings (SSSR count). The number of ketones is 2. The molecule has 1 amide bonds. The van der Waals surface area contributed by atoms with Crippen LogP contribution in [0.4, 0.5) is 0 Å². The number of fused-ring (bicyclic) bond motifs is 3. The van der Waals surface area contributed by atoms with Crippen molar-refractivity contribution in [3.63, 3.8) is 0 Å². The number of hydrogen-bond donors (Lipinski definition) is 5. The number of ether oxygens (including phenoxy) is 1. The Kier molecular flexibility index (Phi) is 6.45. The predicted octanol–water partition coefficient (Wildman–Crippen LogP) is 1.53. The highest BCUT2D eigenvalue weighted by atomic mass is 16.5. The number of aliphatic hydroxyl groups is 3. The molecule has 0 fully saturated rings. The van der Waals surface area contributed by atoms with Crippen molar-refractivity contribution in [1.82, 2.24) is 4.90 Å². The maximum atomic E-state index is 13.8. The summed E-state index contributed by atoms with van der Waals surface area (Å²) in [7, 11) is 4.72. The van der Waals surface area contributed by atoms with E-state index in [2.05, 4.69) is 11.8 Å². The van der Waals surface area contributed by atoms with E-state index >= 15 is 0 Å². The van der Waals surface area contributed by atoms with Crippen LogP contribution in [0.2, 0.25) is 0 Å². The first kappa shape index (κ1) is 27.0. The summed E-state index contributed by atoms with van der Waals surface area (Å²) in [5.74, 6) is -0.122. The van der Waals surface area contributed by atoms with E-state index in [1.165, 1.54) is 11.0 Å². The number of likely N-dealkylation sites (N-methyl/N-ethyl adjacent to an activating group) is 1. The lowest BCUT2D eigenvalue weighted by molar-refractivity contribution is -0.148. The Labute approximate surface area is 230 Å². The van der Waals surface area contributed by atoms with E-state index in [1.807, 2.05) is 0 Å². The predicted molar refractivity (Wildman–Crippen MR) is 143 cm³/mol. The molecule has 0 radical (unpaired) electrons. The van der Waals surface area contributed by atoms with Crippen LogP contribution in [0.15, 0.2) is 59.1 Å². The van der Waals surface area contributed by atoms with Gasteiger partial charge in [0.25, 0.3) is 5.91 Å². The number of phenols is 1. The van der Waals surface area contributed by atoms with Gasteiger partial charge in [0.1, 0.15) is 28.6 Å². The van der Waals surface area contributed by atoms with Crippen molar-refractivity contribution < 1.29 is 39.5 Å². The number of allylic oxidation sites excluding steroid dienone is 1. The van der Waals surface area contributed by atoms with Gasteiger partial charge < -0.3 is 30.9 Å². The fraction of sp³-hybridized carbons (Fsp3) is 0.300. The number of phenolic OH excluding ortho intramolecular Hbond substituents is 1. The first-order valence-corrected chi connectivity index (χ1v) is 12.6.